The SMILES string of the molecule is C.Cc1cccc(Nc2cccc(C#N)c2N)c1.Cc1cccc(Nc2cccc(C#N)c2[N+](=O)[O-])c1. The summed E-state index contributed by atoms with van der Waals surface area (Å²) in [5.41, 5.74) is 11.7. The molecule has 8 heteroatoms. The molecule has 4 aromatic rings. The molecule has 4 rings (SSSR count). The van der Waals surface area contributed by atoms with Crippen molar-refractivity contribution in [2.45, 2.75) is 21.3 Å². The highest BCUT2D eigenvalue weighted by Crippen LogP contribution is 2.31. The molecular weight excluding hydrogens is 464 g/mol. The number of anilines is 5. The first-order valence-electron chi connectivity index (χ1n) is 11.0. The number of nitrogen functional groups attached to an aromatic ring is 1. The van der Waals surface area contributed by atoms with E-state index in [1.165, 1.54) is 11.6 Å². The van der Waals surface area contributed by atoms with Crippen LogP contribution in [-0.4, -0.2) is 4.92 Å². The fraction of sp³-hybridized carbons (Fsp3) is 0.103. The second-order valence-electron chi connectivity index (χ2n) is 7.94. The molecule has 8 nitrogen and oxygen atoms in total. The quantitative estimate of drug-likeness (QED) is 0.150. The molecule has 0 atom stereocenters. The highest BCUT2D eigenvalue weighted by Gasteiger charge is 2.19. The number of benzene rings is 4. The van der Waals surface area contributed by atoms with Crippen molar-refractivity contribution in [3.05, 3.63) is 117 Å². The predicted molar refractivity (Wildman–Crippen MR) is 149 cm³/mol. The Kier molecular flexibility index (Phi) is 9.76. The molecule has 4 aromatic carbocycles. The molecule has 37 heavy (non-hydrogen) atoms. The molecule has 0 aliphatic carbocycles. The van der Waals surface area contributed by atoms with Gasteiger partial charge in [0.15, 0.2) is 0 Å². The van der Waals surface area contributed by atoms with Gasteiger partial charge in [0.05, 0.1) is 21.9 Å². The Morgan fingerprint density at radius 2 is 1.22 bits per heavy atom. The van der Waals surface area contributed by atoms with E-state index in [-0.39, 0.29) is 18.7 Å². The summed E-state index contributed by atoms with van der Waals surface area (Å²) >= 11 is 0. The van der Waals surface area contributed by atoms with Crippen LogP contribution in [0, 0.1) is 46.6 Å². The van der Waals surface area contributed by atoms with Crippen LogP contribution in [0.3, 0.4) is 0 Å². The first-order valence-corrected chi connectivity index (χ1v) is 11.0. The summed E-state index contributed by atoms with van der Waals surface area (Å²) < 4.78 is 0. The van der Waals surface area contributed by atoms with Gasteiger partial charge in [0.1, 0.15) is 23.4 Å². The molecule has 0 unspecified atom stereocenters. The summed E-state index contributed by atoms with van der Waals surface area (Å²) in [5, 5.41) is 35.1. The van der Waals surface area contributed by atoms with Gasteiger partial charge in [-0.05, 0) is 73.5 Å². The number of nitrogens with two attached hydrogens (primary N) is 1. The van der Waals surface area contributed by atoms with Crippen LogP contribution in [-0.2, 0) is 0 Å². The van der Waals surface area contributed by atoms with Gasteiger partial charge >= 0.3 is 5.69 Å². The van der Waals surface area contributed by atoms with Crippen molar-refractivity contribution in [3.63, 3.8) is 0 Å². The molecule has 4 N–H and O–H groups in total. The number of rotatable bonds is 5. The zero-order valence-corrected chi connectivity index (χ0v) is 19.8. The Hall–Kier alpha value is -5.34. The molecule has 186 valence electrons. The predicted octanol–water partition coefficient (Wildman–Crippen LogP) is 7.35. The van der Waals surface area contributed by atoms with Gasteiger partial charge < -0.3 is 16.4 Å². The summed E-state index contributed by atoms with van der Waals surface area (Å²) in [6.07, 6.45) is 0. The van der Waals surface area contributed by atoms with Crippen LogP contribution in [0.2, 0.25) is 0 Å². The normalized spacial score (nSPS) is 9.41. The van der Waals surface area contributed by atoms with Crippen LogP contribution in [0.4, 0.5) is 34.1 Å². The summed E-state index contributed by atoms with van der Waals surface area (Å²) in [7, 11) is 0. The Morgan fingerprint density at radius 3 is 1.70 bits per heavy atom. The number of hydrogen-bond acceptors (Lipinski definition) is 7. The molecule has 0 aliphatic rings. The second-order valence-corrected chi connectivity index (χ2v) is 7.94. The summed E-state index contributed by atoms with van der Waals surface area (Å²) in [4.78, 5) is 10.5. The number of nitriles is 2. The molecule has 0 aliphatic heterocycles. The number of nitro groups is 1. The standard InChI is InChI=1S/C14H11N3O2.C14H13N3.CH4/c1-10-4-2-6-12(8-10)16-13-7-3-5-11(9-15)14(13)17(18)19;1-10-4-2-6-12(8-10)17-13-7-3-5-11(9-15)14(13)16;/h2-8,16H,1H3;2-8,17H,16H2,1H3;1H4. The van der Waals surface area contributed by atoms with Crippen molar-refractivity contribution >= 4 is 34.1 Å². The lowest BCUT2D eigenvalue weighted by Gasteiger charge is -2.10. The average molecular weight is 493 g/mol. The maximum Gasteiger partial charge on any atom is 0.310 e. The Morgan fingerprint density at radius 1 is 0.757 bits per heavy atom. The number of hydrogen-bond donors (Lipinski definition) is 3. The molecule has 0 saturated carbocycles. The van der Waals surface area contributed by atoms with E-state index in [1.807, 2.05) is 80.6 Å². The van der Waals surface area contributed by atoms with Crippen molar-refractivity contribution in [1.82, 2.24) is 0 Å². The van der Waals surface area contributed by atoms with Crippen molar-refractivity contribution in [2.75, 3.05) is 16.4 Å². The van der Waals surface area contributed by atoms with Gasteiger partial charge in [0.25, 0.3) is 0 Å². The molecule has 0 heterocycles. The molecule has 0 spiro atoms. The minimum Gasteiger partial charge on any atom is -0.396 e. The Labute approximate surface area is 216 Å². The van der Waals surface area contributed by atoms with Crippen molar-refractivity contribution in [1.29, 1.82) is 10.5 Å². The minimum absolute atomic E-state index is 0. The van der Waals surface area contributed by atoms with Gasteiger partial charge in [0, 0.05) is 11.4 Å². The molecular formula is C29H28N6O2. The third-order valence-electron chi connectivity index (χ3n) is 5.16. The van der Waals surface area contributed by atoms with Crippen LogP contribution < -0.4 is 16.4 Å². The highest BCUT2D eigenvalue weighted by atomic mass is 16.6. The lowest BCUT2D eigenvalue weighted by atomic mass is 10.1. The maximum atomic E-state index is 11.1. The first-order chi connectivity index (χ1) is 17.3. The van der Waals surface area contributed by atoms with Crippen molar-refractivity contribution < 1.29 is 4.92 Å². The first kappa shape index (κ1) is 27.9. The molecule has 0 saturated heterocycles. The lowest BCUT2D eigenvalue weighted by Crippen LogP contribution is -1.99. The van der Waals surface area contributed by atoms with Crippen molar-refractivity contribution in [3.8, 4) is 12.1 Å². The van der Waals surface area contributed by atoms with Crippen LogP contribution in [0.15, 0.2) is 84.9 Å². The van der Waals surface area contributed by atoms with Crippen LogP contribution in [0.25, 0.3) is 0 Å². The van der Waals surface area contributed by atoms with E-state index in [1.54, 1.807) is 18.2 Å². The highest BCUT2D eigenvalue weighted by molar-refractivity contribution is 5.77. The number of nitrogens with zero attached hydrogens (tertiary/aromatic N) is 3. The average Bonchev–Trinajstić information content (AvgIpc) is 2.85. The topological polar surface area (TPSA) is 141 Å². The molecule has 0 fully saturated rings. The number of nitro benzene ring substituents is 1. The smallest absolute Gasteiger partial charge is 0.310 e. The van der Waals surface area contributed by atoms with E-state index in [0.29, 0.717) is 16.9 Å². The number of nitrogens with one attached hydrogen (secondary N) is 2. The Bertz CT molecular complexity index is 1480. The molecule has 0 bridgehead atoms. The van der Waals surface area contributed by atoms with E-state index in [9.17, 15) is 10.1 Å². The van der Waals surface area contributed by atoms with Crippen LogP contribution in [0.5, 0.6) is 0 Å². The van der Waals surface area contributed by atoms with Crippen LogP contribution >= 0.6 is 0 Å². The summed E-state index contributed by atoms with van der Waals surface area (Å²) in [5.74, 6) is 0. The second kappa shape index (κ2) is 12.9. The minimum atomic E-state index is -0.545. The third kappa shape index (κ3) is 7.32. The fourth-order valence-electron chi connectivity index (χ4n) is 3.46. The lowest BCUT2D eigenvalue weighted by molar-refractivity contribution is -0.384. The van der Waals surface area contributed by atoms with Gasteiger partial charge in [-0.15, -0.1) is 0 Å². The monoisotopic (exact) mass is 492 g/mol. The summed E-state index contributed by atoms with van der Waals surface area (Å²) in [6, 6.07) is 29.4. The molecule has 0 radical (unpaired) electrons. The van der Waals surface area contributed by atoms with Gasteiger partial charge in [-0.25, -0.2) is 0 Å². The largest absolute Gasteiger partial charge is 0.396 e. The molecule has 0 amide bonds. The number of para-hydroxylation sites is 2. The maximum absolute atomic E-state index is 11.1. The van der Waals surface area contributed by atoms with E-state index in [2.05, 4.69) is 16.7 Å². The van der Waals surface area contributed by atoms with Gasteiger partial charge in [-0.2, -0.15) is 10.5 Å². The van der Waals surface area contributed by atoms with Gasteiger partial charge in [0.2, 0.25) is 0 Å². The van der Waals surface area contributed by atoms with Crippen molar-refractivity contribution in [2.24, 2.45) is 0 Å². The number of aryl methyl sites for hydroxylation is 2. The fourth-order valence-corrected chi connectivity index (χ4v) is 3.46. The zero-order valence-electron chi connectivity index (χ0n) is 19.8. The molecule has 0 aromatic heterocycles. The van der Waals surface area contributed by atoms with E-state index < -0.39 is 4.92 Å². The van der Waals surface area contributed by atoms with E-state index >= 15 is 0 Å². The van der Waals surface area contributed by atoms with Gasteiger partial charge in [-0.3, -0.25) is 10.1 Å². The summed E-state index contributed by atoms with van der Waals surface area (Å²) in [6.45, 7) is 3.96. The Balaban J connectivity index is 0.000000255. The van der Waals surface area contributed by atoms with Gasteiger partial charge in [-0.1, -0.05) is 43.8 Å². The zero-order chi connectivity index (χ0) is 26.1. The van der Waals surface area contributed by atoms with Crippen LogP contribution in [0.1, 0.15) is 29.7 Å². The van der Waals surface area contributed by atoms with E-state index in [0.717, 1.165) is 22.6 Å². The van der Waals surface area contributed by atoms with E-state index in [4.69, 9.17) is 16.3 Å². The third-order valence-corrected chi connectivity index (χ3v) is 5.16.